The van der Waals surface area contributed by atoms with Crippen LogP contribution >= 0.6 is 0 Å². The van der Waals surface area contributed by atoms with Crippen LogP contribution in [-0.2, 0) is 6.42 Å². The van der Waals surface area contributed by atoms with Crippen molar-refractivity contribution in [2.24, 2.45) is 0 Å². The standard InChI is InChI=1S/C19H24O/c1-3-7-16-10-12-18(13-11-16)19(20)14-15(2)17-8-5-4-6-9-17/h4-6,8-13,15,19-20H,3,7,14H2,1-2H3. The van der Waals surface area contributed by atoms with Gasteiger partial charge in [0.2, 0.25) is 0 Å². The summed E-state index contributed by atoms with van der Waals surface area (Å²) >= 11 is 0. The molecule has 0 saturated heterocycles. The fourth-order valence-electron chi connectivity index (χ4n) is 2.58. The molecule has 0 heterocycles. The number of hydrogen-bond donors (Lipinski definition) is 1. The minimum absolute atomic E-state index is 0.363. The summed E-state index contributed by atoms with van der Waals surface area (Å²) < 4.78 is 0. The van der Waals surface area contributed by atoms with Gasteiger partial charge in [0.15, 0.2) is 0 Å². The average Bonchev–Trinajstić information content (AvgIpc) is 2.49. The van der Waals surface area contributed by atoms with E-state index in [2.05, 4.69) is 62.4 Å². The lowest BCUT2D eigenvalue weighted by molar-refractivity contribution is 0.159. The van der Waals surface area contributed by atoms with Gasteiger partial charge in [0.25, 0.3) is 0 Å². The highest BCUT2D eigenvalue weighted by atomic mass is 16.3. The Morgan fingerprint density at radius 3 is 2.15 bits per heavy atom. The number of aryl methyl sites for hydroxylation is 1. The predicted molar refractivity (Wildman–Crippen MR) is 84.9 cm³/mol. The van der Waals surface area contributed by atoms with Crippen molar-refractivity contribution in [1.29, 1.82) is 0 Å². The zero-order valence-corrected chi connectivity index (χ0v) is 12.4. The maximum atomic E-state index is 10.4. The van der Waals surface area contributed by atoms with Crippen molar-refractivity contribution >= 4 is 0 Å². The number of benzene rings is 2. The van der Waals surface area contributed by atoms with Gasteiger partial charge in [-0.3, -0.25) is 0 Å². The molecule has 20 heavy (non-hydrogen) atoms. The second-order valence-electron chi connectivity index (χ2n) is 5.55. The average molecular weight is 268 g/mol. The van der Waals surface area contributed by atoms with E-state index in [9.17, 15) is 5.11 Å². The first kappa shape index (κ1) is 14.8. The molecule has 2 atom stereocenters. The fraction of sp³-hybridized carbons (Fsp3) is 0.368. The predicted octanol–water partition coefficient (Wildman–Crippen LogP) is 4.87. The van der Waals surface area contributed by atoms with Crippen LogP contribution < -0.4 is 0 Å². The first-order valence-electron chi connectivity index (χ1n) is 7.52. The summed E-state index contributed by atoms with van der Waals surface area (Å²) in [5.74, 6) is 0.363. The van der Waals surface area contributed by atoms with E-state index in [-0.39, 0.29) is 6.10 Å². The van der Waals surface area contributed by atoms with Gasteiger partial charge in [0.05, 0.1) is 6.10 Å². The van der Waals surface area contributed by atoms with E-state index in [4.69, 9.17) is 0 Å². The van der Waals surface area contributed by atoms with Gasteiger partial charge < -0.3 is 5.11 Å². The molecule has 0 aliphatic rings. The molecule has 2 unspecified atom stereocenters. The van der Waals surface area contributed by atoms with Crippen LogP contribution in [0.25, 0.3) is 0 Å². The molecular formula is C19H24O. The largest absolute Gasteiger partial charge is 0.388 e. The molecule has 0 saturated carbocycles. The summed E-state index contributed by atoms with van der Waals surface area (Å²) in [6, 6.07) is 18.8. The van der Waals surface area contributed by atoms with Crippen LogP contribution in [-0.4, -0.2) is 5.11 Å². The molecule has 2 aromatic carbocycles. The molecule has 0 aliphatic carbocycles. The van der Waals surface area contributed by atoms with Crippen molar-refractivity contribution in [3.05, 3.63) is 71.3 Å². The molecule has 0 spiro atoms. The highest BCUT2D eigenvalue weighted by molar-refractivity contribution is 5.25. The lowest BCUT2D eigenvalue weighted by atomic mass is 9.92. The molecule has 2 aromatic rings. The summed E-state index contributed by atoms with van der Waals surface area (Å²) in [6.45, 7) is 4.36. The summed E-state index contributed by atoms with van der Waals surface area (Å²) in [5, 5.41) is 10.4. The molecule has 0 aliphatic heterocycles. The first-order valence-corrected chi connectivity index (χ1v) is 7.52. The number of rotatable bonds is 6. The molecule has 2 rings (SSSR count). The highest BCUT2D eigenvalue weighted by Crippen LogP contribution is 2.27. The van der Waals surface area contributed by atoms with E-state index in [0.717, 1.165) is 24.8 Å². The van der Waals surface area contributed by atoms with Gasteiger partial charge in [-0.1, -0.05) is 74.9 Å². The van der Waals surface area contributed by atoms with Gasteiger partial charge in [-0.25, -0.2) is 0 Å². The Morgan fingerprint density at radius 2 is 1.55 bits per heavy atom. The van der Waals surface area contributed by atoms with Crippen molar-refractivity contribution in [2.75, 3.05) is 0 Å². The topological polar surface area (TPSA) is 20.2 Å². The maximum absolute atomic E-state index is 10.4. The second-order valence-corrected chi connectivity index (χ2v) is 5.55. The number of aliphatic hydroxyl groups excluding tert-OH is 1. The van der Waals surface area contributed by atoms with E-state index >= 15 is 0 Å². The molecule has 1 heteroatoms. The molecular weight excluding hydrogens is 244 g/mol. The smallest absolute Gasteiger partial charge is 0.0795 e. The Bertz CT molecular complexity index is 501. The van der Waals surface area contributed by atoms with Gasteiger partial charge in [0.1, 0.15) is 0 Å². The minimum Gasteiger partial charge on any atom is -0.388 e. The first-order chi connectivity index (χ1) is 9.70. The zero-order valence-electron chi connectivity index (χ0n) is 12.4. The Kier molecular flexibility index (Phi) is 5.37. The summed E-state index contributed by atoms with van der Waals surface area (Å²) in [5.41, 5.74) is 3.65. The molecule has 0 fully saturated rings. The van der Waals surface area contributed by atoms with Crippen molar-refractivity contribution < 1.29 is 5.11 Å². The minimum atomic E-state index is -0.388. The van der Waals surface area contributed by atoms with E-state index < -0.39 is 0 Å². The van der Waals surface area contributed by atoms with E-state index in [1.807, 2.05) is 6.07 Å². The number of aliphatic hydroxyl groups is 1. The third-order valence-corrected chi connectivity index (χ3v) is 3.85. The normalized spacial score (nSPS) is 13.9. The monoisotopic (exact) mass is 268 g/mol. The molecule has 1 nitrogen and oxygen atoms in total. The Labute approximate surface area is 122 Å². The third kappa shape index (κ3) is 3.94. The second kappa shape index (κ2) is 7.25. The van der Waals surface area contributed by atoms with Crippen LogP contribution in [0.1, 0.15) is 55.4 Å². The van der Waals surface area contributed by atoms with E-state index in [0.29, 0.717) is 5.92 Å². The third-order valence-electron chi connectivity index (χ3n) is 3.85. The van der Waals surface area contributed by atoms with Gasteiger partial charge >= 0.3 is 0 Å². The lowest BCUT2D eigenvalue weighted by Crippen LogP contribution is -2.03. The molecule has 106 valence electrons. The maximum Gasteiger partial charge on any atom is 0.0795 e. The quantitative estimate of drug-likeness (QED) is 0.792. The van der Waals surface area contributed by atoms with Crippen LogP contribution in [0.2, 0.25) is 0 Å². The van der Waals surface area contributed by atoms with Crippen molar-refractivity contribution in [2.45, 2.75) is 45.1 Å². The highest BCUT2D eigenvalue weighted by Gasteiger charge is 2.13. The van der Waals surface area contributed by atoms with E-state index in [1.54, 1.807) is 0 Å². The van der Waals surface area contributed by atoms with Gasteiger partial charge in [-0.2, -0.15) is 0 Å². The fourth-order valence-corrected chi connectivity index (χ4v) is 2.58. The molecule has 0 aromatic heterocycles. The van der Waals surface area contributed by atoms with Crippen molar-refractivity contribution in [3.8, 4) is 0 Å². The Balaban J connectivity index is 1.99. The summed E-state index contributed by atoms with van der Waals surface area (Å²) in [4.78, 5) is 0. The van der Waals surface area contributed by atoms with Gasteiger partial charge in [-0.05, 0) is 35.4 Å². The van der Waals surface area contributed by atoms with Crippen LogP contribution in [0, 0.1) is 0 Å². The van der Waals surface area contributed by atoms with Crippen LogP contribution in [0.4, 0.5) is 0 Å². The molecule has 0 bridgehead atoms. The van der Waals surface area contributed by atoms with Crippen LogP contribution in [0.3, 0.4) is 0 Å². The van der Waals surface area contributed by atoms with Crippen LogP contribution in [0.15, 0.2) is 54.6 Å². The van der Waals surface area contributed by atoms with Gasteiger partial charge in [-0.15, -0.1) is 0 Å². The van der Waals surface area contributed by atoms with E-state index in [1.165, 1.54) is 11.1 Å². The Hall–Kier alpha value is -1.60. The van der Waals surface area contributed by atoms with Crippen LogP contribution in [0.5, 0.6) is 0 Å². The van der Waals surface area contributed by atoms with Crippen molar-refractivity contribution in [1.82, 2.24) is 0 Å². The summed E-state index contributed by atoms with van der Waals surface area (Å²) in [7, 11) is 0. The zero-order chi connectivity index (χ0) is 14.4. The van der Waals surface area contributed by atoms with Gasteiger partial charge in [0, 0.05) is 0 Å². The SMILES string of the molecule is CCCc1ccc(C(O)CC(C)c2ccccc2)cc1. The van der Waals surface area contributed by atoms with Crippen molar-refractivity contribution in [3.63, 3.8) is 0 Å². The molecule has 0 radical (unpaired) electrons. The molecule has 0 amide bonds. The lowest BCUT2D eigenvalue weighted by Gasteiger charge is -2.17. The summed E-state index contributed by atoms with van der Waals surface area (Å²) in [6.07, 6.45) is 2.64. The Morgan fingerprint density at radius 1 is 0.900 bits per heavy atom. The number of hydrogen-bond acceptors (Lipinski definition) is 1. The molecule has 1 N–H and O–H groups in total.